The molecule has 0 aromatic rings. The van der Waals surface area contributed by atoms with Gasteiger partial charge in [0, 0.05) is 0 Å². The smallest absolute Gasteiger partial charge is 0.0660 e. The van der Waals surface area contributed by atoms with Gasteiger partial charge in [-0.1, -0.05) is 27.2 Å². The first-order valence-corrected chi connectivity index (χ1v) is 7.40. The summed E-state index contributed by atoms with van der Waals surface area (Å²) in [6.45, 7) is 10.9. The highest BCUT2D eigenvalue weighted by atomic mass is 16.3. The van der Waals surface area contributed by atoms with Crippen molar-refractivity contribution in [3.63, 3.8) is 0 Å². The summed E-state index contributed by atoms with van der Waals surface area (Å²) < 4.78 is 0. The average molecular weight is 241 g/mol. The van der Waals surface area contributed by atoms with Crippen LogP contribution in [0.4, 0.5) is 0 Å². The highest BCUT2D eigenvalue weighted by molar-refractivity contribution is 4.88. The van der Waals surface area contributed by atoms with Crippen LogP contribution in [-0.2, 0) is 0 Å². The van der Waals surface area contributed by atoms with Crippen molar-refractivity contribution in [2.75, 3.05) is 13.1 Å². The van der Waals surface area contributed by atoms with Crippen LogP contribution in [0.1, 0.15) is 59.8 Å². The van der Waals surface area contributed by atoms with Gasteiger partial charge in [-0.05, 0) is 63.5 Å². The van der Waals surface area contributed by atoms with Gasteiger partial charge < -0.3 is 10.4 Å². The normalized spacial score (nSPS) is 33.4. The Bertz CT molecular complexity index is 215. The Balaban J connectivity index is 2.36. The molecular weight excluding hydrogens is 210 g/mol. The summed E-state index contributed by atoms with van der Waals surface area (Å²) in [4.78, 5) is 0. The van der Waals surface area contributed by atoms with Crippen molar-refractivity contribution in [3.8, 4) is 0 Å². The summed E-state index contributed by atoms with van der Waals surface area (Å²) in [5.41, 5.74) is -0.477. The molecule has 1 rings (SSSR count). The van der Waals surface area contributed by atoms with Crippen molar-refractivity contribution >= 4 is 0 Å². The van der Waals surface area contributed by atoms with Crippen LogP contribution in [0.25, 0.3) is 0 Å². The molecule has 4 unspecified atom stereocenters. The van der Waals surface area contributed by atoms with Crippen molar-refractivity contribution in [2.24, 2.45) is 17.8 Å². The number of aliphatic hydroxyl groups is 1. The average Bonchev–Trinajstić information content (AvgIpc) is 2.28. The van der Waals surface area contributed by atoms with Crippen molar-refractivity contribution < 1.29 is 5.11 Å². The largest absolute Gasteiger partial charge is 0.390 e. The molecule has 0 amide bonds. The van der Waals surface area contributed by atoms with Gasteiger partial charge in [-0.3, -0.25) is 0 Å². The molecular formula is C15H31NO. The van der Waals surface area contributed by atoms with Crippen molar-refractivity contribution in [2.45, 2.75) is 65.4 Å². The summed E-state index contributed by atoms with van der Waals surface area (Å²) in [5, 5.41) is 14.0. The van der Waals surface area contributed by atoms with Gasteiger partial charge in [0.2, 0.25) is 0 Å². The summed E-state index contributed by atoms with van der Waals surface area (Å²) in [6.07, 6.45) is 5.73. The van der Waals surface area contributed by atoms with Gasteiger partial charge in [0.1, 0.15) is 0 Å². The van der Waals surface area contributed by atoms with E-state index in [1.165, 1.54) is 25.7 Å². The van der Waals surface area contributed by atoms with Crippen molar-refractivity contribution in [3.05, 3.63) is 0 Å². The van der Waals surface area contributed by atoms with Crippen molar-refractivity contribution in [1.29, 1.82) is 0 Å². The van der Waals surface area contributed by atoms with E-state index < -0.39 is 5.60 Å². The van der Waals surface area contributed by atoms with Gasteiger partial charge in [-0.25, -0.2) is 0 Å². The molecule has 0 aromatic carbocycles. The quantitative estimate of drug-likeness (QED) is 0.700. The fourth-order valence-electron chi connectivity index (χ4n) is 2.96. The third kappa shape index (κ3) is 4.59. The van der Waals surface area contributed by atoms with Crippen LogP contribution in [0.2, 0.25) is 0 Å². The first-order chi connectivity index (χ1) is 7.97. The topological polar surface area (TPSA) is 32.3 Å². The molecule has 0 spiro atoms. The molecule has 1 aliphatic carbocycles. The zero-order chi connectivity index (χ0) is 12.9. The minimum Gasteiger partial charge on any atom is -0.390 e. The van der Waals surface area contributed by atoms with Crippen LogP contribution < -0.4 is 5.32 Å². The molecule has 0 aromatic heterocycles. The van der Waals surface area contributed by atoms with Crippen LogP contribution in [0.5, 0.6) is 0 Å². The van der Waals surface area contributed by atoms with Gasteiger partial charge >= 0.3 is 0 Å². The summed E-state index contributed by atoms with van der Waals surface area (Å²) in [7, 11) is 0. The van der Waals surface area contributed by atoms with Crippen molar-refractivity contribution in [1.82, 2.24) is 5.32 Å². The van der Waals surface area contributed by atoms with E-state index in [4.69, 9.17) is 0 Å². The van der Waals surface area contributed by atoms with Gasteiger partial charge in [-0.2, -0.15) is 0 Å². The van der Waals surface area contributed by atoms with E-state index >= 15 is 0 Å². The highest BCUT2D eigenvalue weighted by Crippen LogP contribution is 2.39. The van der Waals surface area contributed by atoms with E-state index in [1.54, 1.807) is 0 Å². The maximum absolute atomic E-state index is 10.6. The molecule has 102 valence electrons. The predicted octanol–water partition coefficient (Wildman–Crippen LogP) is 3.20. The number of nitrogens with one attached hydrogen (secondary N) is 1. The van der Waals surface area contributed by atoms with E-state index in [0.717, 1.165) is 31.3 Å². The van der Waals surface area contributed by atoms with Gasteiger partial charge in [0.05, 0.1) is 5.60 Å². The Morgan fingerprint density at radius 3 is 2.47 bits per heavy atom. The molecule has 1 aliphatic rings. The second-order valence-electron chi connectivity index (χ2n) is 6.32. The lowest BCUT2D eigenvalue weighted by atomic mass is 9.69. The molecule has 2 nitrogen and oxygen atoms in total. The Kier molecular flexibility index (Phi) is 5.94. The molecule has 1 fully saturated rings. The SMILES string of the molecule is CCCNCCC(C)(O)C1CCC(C)C(C)C1. The van der Waals surface area contributed by atoms with E-state index in [2.05, 4.69) is 26.1 Å². The summed E-state index contributed by atoms with van der Waals surface area (Å²) >= 11 is 0. The standard InChI is InChI=1S/C15H31NO/c1-5-9-16-10-8-15(4,17)14-7-6-12(2)13(3)11-14/h12-14,16-17H,5-11H2,1-4H3. The van der Waals surface area contributed by atoms with Crippen LogP contribution in [-0.4, -0.2) is 23.8 Å². The third-order valence-corrected chi connectivity index (χ3v) is 4.71. The summed E-state index contributed by atoms with van der Waals surface area (Å²) in [6, 6.07) is 0. The Morgan fingerprint density at radius 1 is 1.18 bits per heavy atom. The second-order valence-corrected chi connectivity index (χ2v) is 6.32. The fourth-order valence-corrected chi connectivity index (χ4v) is 2.96. The molecule has 1 saturated carbocycles. The lowest BCUT2D eigenvalue weighted by molar-refractivity contribution is -0.0377. The monoisotopic (exact) mass is 241 g/mol. The maximum Gasteiger partial charge on any atom is 0.0660 e. The lowest BCUT2D eigenvalue weighted by Gasteiger charge is -2.40. The third-order valence-electron chi connectivity index (χ3n) is 4.71. The molecule has 17 heavy (non-hydrogen) atoms. The van der Waals surface area contributed by atoms with Crippen LogP contribution in [0.15, 0.2) is 0 Å². The van der Waals surface area contributed by atoms with E-state index in [-0.39, 0.29) is 0 Å². The molecule has 0 aliphatic heterocycles. The molecule has 0 heterocycles. The molecule has 2 heteroatoms. The Hall–Kier alpha value is -0.0800. The number of hydrogen-bond acceptors (Lipinski definition) is 2. The Labute approximate surface area is 107 Å². The highest BCUT2D eigenvalue weighted by Gasteiger charge is 2.36. The van der Waals surface area contributed by atoms with Gasteiger partial charge in [0.15, 0.2) is 0 Å². The van der Waals surface area contributed by atoms with Gasteiger partial charge in [0.25, 0.3) is 0 Å². The molecule has 0 bridgehead atoms. The molecule has 0 radical (unpaired) electrons. The van der Waals surface area contributed by atoms with Crippen LogP contribution >= 0.6 is 0 Å². The van der Waals surface area contributed by atoms with Crippen LogP contribution in [0.3, 0.4) is 0 Å². The molecule has 4 atom stereocenters. The Morgan fingerprint density at radius 2 is 1.88 bits per heavy atom. The minimum atomic E-state index is -0.477. The number of rotatable bonds is 6. The van der Waals surface area contributed by atoms with Gasteiger partial charge in [-0.15, -0.1) is 0 Å². The van der Waals surface area contributed by atoms with E-state index in [9.17, 15) is 5.11 Å². The molecule has 0 saturated heterocycles. The first kappa shape index (κ1) is 15.0. The van der Waals surface area contributed by atoms with E-state index in [0.29, 0.717) is 5.92 Å². The lowest BCUT2D eigenvalue weighted by Crippen LogP contribution is -2.41. The molecule has 2 N–H and O–H groups in total. The fraction of sp³-hybridized carbons (Fsp3) is 1.00. The number of hydrogen-bond donors (Lipinski definition) is 2. The zero-order valence-electron chi connectivity index (χ0n) is 12.1. The first-order valence-electron chi connectivity index (χ1n) is 7.40. The zero-order valence-corrected chi connectivity index (χ0v) is 12.1. The predicted molar refractivity (Wildman–Crippen MR) is 74.1 cm³/mol. The van der Waals surface area contributed by atoms with E-state index in [1.807, 2.05) is 6.92 Å². The summed E-state index contributed by atoms with van der Waals surface area (Å²) in [5.74, 6) is 2.10. The minimum absolute atomic E-state index is 0.477. The second kappa shape index (κ2) is 6.75. The van der Waals surface area contributed by atoms with Crippen LogP contribution in [0, 0.1) is 17.8 Å². The maximum atomic E-state index is 10.6.